The Morgan fingerprint density at radius 1 is 1.34 bits per heavy atom. The average Bonchev–Trinajstić information content (AvgIpc) is 3.12. The van der Waals surface area contributed by atoms with E-state index in [0.717, 1.165) is 30.4 Å². The monoisotopic (exact) mass is 428 g/mol. The van der Waals surface area contributed by atoms with Crippen LogP contribution in [-0.4, -0.2) is 46.3 Å². The third-order valence-electron chi connectivity index (χ3n) is 5.22. The Bertz CT molecular complexity index is 850. The summed E-state index contributed by atoms with van der Waals surface area (Å²) in [6.45, 7) is 6.29. The van der Waals surface area contributed by atoms with E-state index in [1.54, 1.807) is 0 Å². The maximum absolute atomic E-state index is 13.7. The molecule has 0 bridgehead atoms. The van der Waals surface area contributed by atoms with E-state index >= 15 is 0 Å². The first-order valence-corrected chi connectivity index (χ1v) is 9.98. The van der Waals surface area contributed by atoms with Gasteiger partial charge in [0.2, 0.25) is 0 Å². The average molecular weight is 429 g/mol. The molecule has 1 fully saturated rings. The van der Waals surface area contributed by atoms with Gasteiger partial charge < -0.3 is 5.32 Å². The van der Waals surface area contributed by atoms with Crippen molar-refractivity contribution >= 4 is 17.5 Å². The number of alkyl halides is 3. The highest BCUT2D eigenvalue weighted by Gasteiger charge is 2.40. The molecule has 1 aliphatic heterocycles. The van der Waals surface area contributed by atoms with Crippen LogP contribution in [0.1, 0.15) is 42.7 Å². The van der Waals surface area contributed by atoms with Crippen LogP contribution in [0, 0.1) is 5.92 Å². The number of nitrogens with one attached hydrogen (secondary N) is 1. The summed E-state index contributed by atoms with van der Waals surface area (Å²) in [6.07, 6.45) is -1.52. The SMILES string of the molecule is C[C@@H]1CCCN([C@H](C)CNC(=O)c2cnn(-c3ccc(Cl)cc3)c2C(F)(F)F)C1. The highest BCUT2D eigenvalue weighted by Crippen LogP contribution is 2.33. The third kappa shape index (κ3) is 5.11. The van der Waals surface area contributed by atoms with Gasteiger partial charge >= 0.3 is 6.18 Å². The van der Waals surface area contributed by atoms with Gasteiger partial charge in [0.05, 0.1) is 17.4 Å². The summed E-state index contributed by atoms with van der Waals surface area (Å²) >= 11 is 5.81. The number of hydrogen-bond donors (Lipinski definition) is 1. The molecule has 1 saturated heterocycles. The maximum Gasteiger partial charge on any atom is 0.434 e. The van der Waals surface area contributed by atoms with Crippen molar-refractivity contribution in [2.45, 2.75) is 38.9 Å². The lowest BCUT2D eigenvalue weighted by Gasteiger charge is -2.35. The summed E-state index contributed by atoms with van der Waals surface area (Å²) < 4.78 is 41.9. The topological polar surface area (TPSA) is 50.2 Å². The smallest absolute Gasteiger partial charge is 0.350 e. The molecule has 1 aromatic carbocycles. The molecular weight excluding hydrogens is 405 g/mol. The number of carbonyl (C=O) groups excluding carboxylic acids is 1. The summed E-state index contributed by atoms with van der Waals surface area (Å²) in [4.78, 5) is 14.8. The molecule has 158 valence electrons. The second-order valence-corrected chi connectivity index (χ2v) is 8.03. The molecule has 0 radical (unpaired) electrons. The Labute approximate surface area is 172 Å². The zero-order valence-electron chi connectivity index (χ0n) is 16.3. The predicted octanol–water partition coefficient (Wildman–Crippen LogP) is 4.39. The molecule has 1 N–H and O–H groups in total. The third-order valence-corrected chi connectivity index (χ3v) is 5.48. The van der Waals surface area contributed by atoms with E-state index in [9.17, 15) is 18.0 Å². The van der Waals surface area contributed by atoms with Gasteiger partial charge in [-0.1, -0.05) is 18.5 Å². The quantitative estimate of drug-likeness (QED) is 0.768. The molecule has 2 heterocycles. The summed E-state index contributed by atoms with van der Waals surface area (Å²) in [5.41, 5.74) is -1.42. The van der Waals surface area contributed by atoms with Crippen LogP contribution in [-0.2, 0) is 6.18 Å². The number of benzene rings is 1. The first kappa shape index (κ1) is 21.6. The highest BCUT2D eigenvalue weighted by atomic mass is 35.5. The number of nitrogens with zero attached hydrogens (tertiary/aromatic N) is 3. The molecule has 1 aliphatic rings. The van der Waals surface area contributed by atoms with E-state index in [-0.39, 0.29) is 18.3 Å². The normalized spacial score (nSPS) is 19.2. The molecule has 1 amide bonds. The van der Waals surface area contributed by atoms with Crippen molar-refractivity contribution in [3.8, 4) is 5.69 Å². The molecular formula is C20H24ClF3N4O. The number of carbonyl (C=O) groups is 1. The molecule has 0 aliphatic carbocycles. The van der Waals surface area contributed by atoms with Crippen molar-refractivity contribution in [2.24, 2.45) is 5.92 Å². The van der Waals surface area contributed by atoms with E-state index < -0.39 is 23.3 Å². The number of aromatic nitrogens is 2. The van der Waals surface area contributed by atoms with Crippen molar-refractivity contribution in [1.82, 2.24) is 20.0 Å². The zero-order chi connectivity index (χ0) is 21.2. The Morgan fingerprint density at radius 3 is 2.66 bits per heavy atom. The van der Waals surface area contributed by atoms with Crippen LogP contribution in [0.25, 0.3) is 5.69 Å². The number of hydrogen-bond acceptors (Lipinski definition) is 3. The molecule has 29 heavy (non-hydrogen) atoms. The summed E-state index contributed by atoms with van der Waals surface area (Å²) in [5, 5.41) is 6.85. The van der Waals surface area contributed by atoms with E-state index in [1.807, 2.05) is 6.92 Å². The van der Waals surface area contributed by atoms with Gasteiger partial charge in [0.15, 0.2) is 5.69 Å². The van der Waals surface area contributed by atoms with E-state index in [2.05, 4.69) is 22.2 Å². The number of rotatable bonds is 5. The predicted molar refractivity (Wildman–Crippen MR) is 105 cm³/mol. The Morgan fingerprint density at radius 2 is 2.03 bits per heavy atom. The number of halogens is 4. The standard InChI is InChI=1S/C20H24ClF3N4O/c1-13-4-3-9-27(12-13)14(2)10-25-19(29)17-11-26-28(18(17)20(22,23)24)16-7-5-15(21)6-8-16/h5-8,11,13-14H,3-4,9-10,12H2,1-2H3,(H,25,29)/t13-,14-/m1/s1. The van der Waals surface area contributed by atoms with Crippen LogP contribution < -0.4 is 5.32 Å². The lowest BCUT2D eigenvalue weighted by Crippen LogP contribution is -2.46. The minimum absolute atomic E-state index is 0.0438. The van der Waals surface area contributed by atoms with Crippen molar-refractivity contribution in [1.29, 1.82) is 0 Å². The van der Waals surface area contributed by atoms with Crippen LogP contribution in [0.15, 0.2) is 30.5 Å². The van der Waals surface area contributed by atoms with E-state index in [4.69, 9.17) is 11.6 Å². The maximum atomic E-state index is 13.7. The molecule has 5 nitrogen and oxygen atoms in total. The number of piperidine rings is 1. The lowest BCUT2D eigenvalue weighted by atomic mass is 9.99. The first-order chi connectivity index (χ1) is 13.7. The van der Waals surface area contributed by atoms with Crippen molar-refractivity contribution < 1.29 is 18.0 Å². The van der Waals surface area contributed by atoms with Crippen molar-refractivity contribution in [3.63, 3.8) is 0 Å². The van der Waals surface area contributed by atoms with Gasteiger partial charge in [-0.25, -0.2) is 4.68 Å². The minimum Gasteiger partial charge on any atom is -0.350 e. The largest absolute Gasteiger partial charge is 0.434 e. The molecule has 0 unspecified atom stereocenters. The molecule has 2 atom stereocenters. The minimum atomic E-state index is -4.74. The molecule has 9 heteroatoms. The fourth-order valence-electron chi connectivity index (χ4n) is 3.66. The second kappa shape index (κ2) is 8.75. The van der Waals surface area contributed by atoms with Gasteiger partial charge in [-0.05, 0) is 56.5 Å². The molecule has 0 saturated carbocycles. The second-order valence-electron chi connectivity index (χ2n) is 7.59. The van der Waals surface area contributed by atoms with E-state index in [0.29, 0.717) is 10.9 Å². The summed E-state index contributed by atoms with van der Waals surface area (Å²) in [6, 6.07) is 5.83. The molecule has 3 rings (SSSR count). The van der Waals surface area contributed by atoms with E-state index in [1.165, 1.54) is 30.7 Å². The van der Waals surface area contributed by atoms with Gasteiger partial charge in [-0.2, -0.15) is 18.3 Å². The molecule has 0 spiro atoms. The fraction of sp³-hybridized carbons (Fsp3) is 0.500. The Hall–Kier alpha value is -2.06. The van der Waals surface area contributed by atoms with Gasteiger partial charge in [0.1, 0.15) is 0 Å². The lowest BCUT2D eigenvalue weighted by molar-refractivity contribution is -0.143. The van der Waals surface area contributed by atoms with Gasteiger partial charge in [0, 0.05) is 24.2 Å². The Balaban J connectivity index is 1.77. The van der Waals surface area contributed by atoms with Crippen LogP contribution in [0.3, 0.4) is 0 Å². The van der Waals surface area contributed by atoms with Crippen molar-refractivity contribution in [3.05, 3.63) is 46.7 Å². The number of likely N-dealkylation sites (tertiary alicyclic amines) is 1. The number of amides is 1. The van der Waals surface area contributed by atoms with Crippen LogP contribution in [0.4, 0.5) is 13.2 Å². The summed E-state index contributed by atoms with van der Waals surface area (Å²) in [5.74, 6) is -0.203. The highest BCUT2D eigenvalue weighted by molar-refractivity contribution is 6.30. The van der Waals surface area contributed by atoms with Gasteiger partial charge in [0.25, 0.3) is 5.91 Å². The summed E-state index contributed by atoms with van der Waals surface area (Å²) in [7, 11) is 0. The van der Waals surface area contributed by atoms with Gasteiger partial charge in [-0.15, -0.1) is 0 Å². The fourth-order valence-corrected chi connectivity index (χ4v) is 3.78. The first-order valence-electron chi connectivity index (χ1n) is 9.60. The molecule has 2 aromatic rings. The Kier molecular flexibility index (Phi) is 6.53. The van der Waals surface area contributed by atoms with Crippen LogP contribution in [0.2, 0.25) is 5.02 Å². The zero-order valence-corrected chi connectivity index (χ0v) is 17.1. The van der Waals surface area contributed by atoms with Crippen LogP contribution >= 0.6 is 11.6 Å². The van der Waals surface area contributed by atoms with Gasteiger partial charge in [-0.3, -0.25) is 9.69 Å². The van der Waals surface area contributed by atoms with Crippen molar-refractivity contribution in [2.75, 3.05) is 19.6 Å². The van der Waals surface area contributed by atoms with Crippen LogP contribution in [0.5, 0.6) is 0 Å². The molecule has 1 aromatic heterocycles.